The minimum absolute atomic E-state index is 0.00586. The molecule has 3 aromatic rings. The fourth-order valence-electron chi connectivity index (χ4n) is 2.88. The zero-order chi connectivity index (χ0) is 18.4. The van der Waals surface area contributed by atoms with Crippen molar-refractivity contribution >= 4 is 5.91 Å². The summed E-state index contributed by atoms with van der Waals surface area (Å²) in [6.07, 6.45) is 11.3. The third-order valence-corrected chi connectivity index (χ3v) is 4.37. The minimum atomic E-state index is -0.0576. The molecule has 0 aromatic carbocycles. The lowest BCUT2D eigenvalue weighted by Gasteiger charge is -2.28. The first-order valence-electron chi connectivity index (χ1n) is 8.69. The predicted octanol–water partition coefficient (Wildman–Crippen LogP) is 3.06. The van der Waals surface area contributed by atoms with Crippen LogP contribution >= 0.6 is 0 Å². The molecule has 0 bridgehead atoms. The molecule has 0 radical (unpaired) electrons. The molecule has 0 N–H and O–H groups in total. The first kappa shape index (κ1) is 17.7. The Hall–Kier alpha value is -3.09. The molecule has 0 aliphatic heterocycles. The van der Waals surface area contributed by atoms with Crippen molar-refractivity contribution in [2.75, 3.05) is 7.05 Å². The number of hydrogen-bond acceptors (Lipinski definition) is 5. The van der Waals surface area contributed by atoms with Gasteiger partial charge >= 0.3 is 0 Å². The molecule has 0 saturated heterocycles. The van der Waals surface area contributed by atoms with Crippen LogP contribution in [0.5, 0.6) is 0 Å². The number of pyridine rings is 2. The number of aromatic nitrogens is 5. The lowest BCUT2D eigenvalue weighted by molar-refractivity contribution is 0.0719. The Morgan fingerprint density at radius 3 is 2.62 bits per heavy atom. The maximum absolute atomic E-state index is 13.0. The number of hydrogen-bond donors (Lipinski definition) is 0. The van der Waals surface area contributed by atoms with Crippen LogP contribution in [-0.2, 0) is 0 Å². The monoisotopic (exact) mass is 350 g/mol. The maximum atomic E-state index is 13.0. The van der Waals surface area contributed by atoms with E-state index in [-0.39, 0.29) is 11.9 Å². The van der Waals surface area contributed by atoms with Crippen LogP contribution in [-0.4, -0.2) is 42.6 Å². The van der Waals surface area contributed by atoms with Gasteiger partial charge in [0.15, 0.2) is 0 Å². The van der Waals surface area contributed by atoms with Crippen LogP contribution in [0.25, 0.3) is 5.82 Å². The summed E-state index contributed by atoms with van der Waals surface area (Å²) in [6.45, 7) is 2.15. The van der Waals surface area contributed by atoms with Crippen molar-refractivity contribution in [2.24, 2.45) is 0 Å². The second kappa shape index (κ2) is 8.33. The molecule has 7 heteroatoms. The van der Waals surface area contributed by atoms with Gasteiger partial charge in [0.1, 0.15) is 18.5 Å². The van der Waals surface area contributed by atoms with Crippen LogP contribution in [0.3, 0.4) is 0 Å². The van der Waals surface area contributed by atoms with Gasteiger partial charge in [0.2, 0.25) is 0 Å². The fourth-order valence-corrected chi connectivity index (χ4v) is 2.88. The molecule has 0 fully saturated rings. The van der Waals surface area contributed by atoms with Crippen molar-refractivity contribution in [1.29, 1.82) is 0 Å². The molecule has 3 rings (SSSR count). The van der Waals surface area contributed by atoms with Gasteiger partial charge in [-0.25, -0.2) is 4.98 Å². The van der Waals surface area contributed by atoms with E-state index in [1.807, 2.05) is 25.4 Å². The molecule has 26 heavy (non-hydrogen) atoms. The van der Waals surface area contributed by atoms with Crippen LogP contribution in [0, 0.1) is 0 Å². The van der Waals surface area contributed by atoms with Gasteiger partial charge in [0.25, 0.3) is 5.91 Å². The van der Waals surface area contributed by atoms with Crippen molar-refractivity contribution in [1.82, 2.24) is 29.6 Å². The second-order valence-electron chi connectivity index (χ2n) is 6.13. The summed E-state index contributed by atoms with van der Waals surface area (Å²) in [5.74, 6) is 0.613. The predicted molar refractivity (Wildman–Crippen MR) is 97.8 cm³/mol. The third-order valence-electron chi connectivity index (χ3n) is 4.37. The van der Waals surface area contributed by atoms with Crippen molar-refractivity contribution in [3.05, 3.63) is 66.6 Å². The van der Waals surface area contributed by atoms with E-state index in [1.54, 1.807) is 46.6 Å². The highest BCUT2D eigenvalue weighted by Crippen LogP contribution is 2.26. The molecule has 0 aliphatic carbocycles. The summed E-state index contributed by atoms with van der Waals surface area (Å²) in [6, 6.07) is 7.48. The van der Waals surface area contributed by atoms with E-state index in [1.165, 1.54) is 0 Å². The van der Waals surface area contributed by atoms with E-state index >= 15 is 0 Å². The number of unbranched alkanes of at least 4 members (excludes halogenated alkanes) is 1. The molecular formula is C19H22N6O. The first-order chi connectivity index (χ1) is 12.7. The number of carbonyl (C=O) groups is 1. The molecule has 1 atom stereocenters. The lowest BCUT2D eigenvalue weighted by atomic mass is 10.0. The summed E-state index contributed by atoms with van der Waals surface area (Å²) in [5.41, 5.74) is 1.60. The van der Waals surface area contributed by atoms with Gasteiger partial charge in [-0.2, -0.15) is 0 Å². The molecule has 7 nitrogen and oxygen atoms in total. The quantitative estimate of drug-likeness (QED) is 0.654. The number of amides is 1. The molecule has 0 saturated carbocycles. The summed E-state index contributed by atoms with van der Waals surface area (Å²) in [7, 11) is 1.84. The van der Waals surface area contributed by atoms with Crippen LogP contribution in [0.4, 0.5) is 0 Å². The van der Waals surface area contributed by atoms with Crippen molar-refractivity contribution in [2.45, 2.75) is 32.2 Å². The smallest absolute Gasteiger partial charge is 0.255 e. The Morgan fingerprint density at radius 2 is 2.00 bits per heavy atom. The zero-order valence-corrected chi connectivity index (χ0v) is 15.0. The molecule has 0 spiro atoms. The van der Waals surface area contributed by atoms with E-state index < -0.39 is 0 Å². The van der Waals surface area contributed by atoms with Gasteiger partial charge < -0.3 is 4.90 Å². The second-order valence-corrected chi connectivity index (χ2v) is 6.13. The minimum Gasteiger partial charge on any atom is -0.335 e. The SMILES string of the molecule is CCCC[C@H](c1cccnc1)N(C)C(=O)c1ccc(-n2cnnc2)nc1. The van der Waals surface area contributed by atoms with Gasteiger partial charge in [-0.1, -0.05) is 25.8 Å². The highest BCUT2D eigenvalue weighted by Gasteiger charge is 2.22. The van der Waals surface area contributed by atoms with E-state index in [4.69, 9.17) is 0 Å². The Morgan fingerprint density at radius 1 is 1.19 bits per heavy atom. The summed E-state index contributed by atoms with van der Waals surface area (Å²) in [4.78, 5) is 23.3. The van der Waals surface area contributed by atoms with Gasteiger partial charge in [-0.05, 0) is 30.2 Å². The number of carbonyl (C=O) groups excluding carboxylic acids is 1. The molecule has 3 heterocycles. The molecule has 0 aliphatic rings. The van der Waals surface area contributed by atoms with Crippen molar-refractivity contribution in [3.63, 3.8) is 0 Å². The van der Waals surface area contributed by atoms with Crippen molar-refractivity contribution in [3.8, 4) is 5.82 Å². The van der Waals surface area contributed by atoms with E-state index in [0.717, 1.165) is 24.8 Å². The summed E-state index contributed by atoms with van der Waals surface area (Å²) >= 11 is 0. The third kappa shape index (κ3) is 3.93. The van der Waals surface area contributed by atoms with Gasteiger partial charge in [-0.3, -0.25) is 14.3 Å². The average Bonchev–Trinajstić information content (AvgIpc) is 3.23. The van der Waals surface area contributed by atoms with Crippen LogP contribution in [0.15, 0.2) is 55.5 Å². The summed E-state index contributed by atoms with van der Waals surface area (Å²) < 4.78 is 1.69. The molecule has 134 valence electrons. The molecule has 3 aromatic heterocycles. The Bertz CT molecular complexity index is 817. The molecule has 0 unspecified atom stereocenters. The van der Waals surface area contributed by atoms with Gasteiger partial charge in [0, 0.05) is 25.6 Å². The zero-order valence-electron chi connectivity index (χ0n) is 15.0. The van der Waals surface area contributed by atoms with Crippen molar-refractivity contribution < 1.29 is 4.79 Å². The lowest BCUT2D eigenvalue weighted by Crippen LogP contribution is -2.31. The molecular weight excluding hydrogens is 328 g/mol. The molecule has 1 amide bonds. The highest BCUT2D eigenvalue weighted by atomic mass is 16.2. The maximum Gasteiger partial charge on any atom is 0.255 e. The van der Waals surface area contributed by atoms with Gasteiger partial charge in [-0.15, -0.1) is 10.2 Å². The Labute approximate surface area is 152 Å². The van der Waals surface area contributed by atoms with E-state index in [2.05, 4.69) is 27.1 Å². The van der Waals surface area contributed by atoms with Crippen LogP contribution < -0.4 is 0 Å². The Balaban J connectivity index is 1.80. The Kier molecular flexibility index (Phi) is 5.68. The van der Waals surface area contributed by atoms with Crippen LogP contribution in [0.1, 0.15) is 48.1 Å². The van der Waals surface area contributed by atoms with Gasteiger partial charge in [0.05, 0.1) is 11.6 Å². The normalized spacial score (nSPS) is 11.9. The number of rotatable bonds is 7. The van der Waals surface area contributed by atoms with E-state index in [9.17, 15) is 4.79 Å². The topological polar surface area (TPSA) is 76.8 Å². The van der Waals surface area contributed by atoms with E-state index in [0.29, 0.717) is 11.4 Å². The first-order valence-corrected chi connectivity index (χ1v) is 8.69. The fraction of sp³-hybridized carbons (Fsp3) is 0.316. The number of nitrogens with zero attached hydrogens (tertiary/aromatic N) is 6. The van der Waals surface area contributed by atoms with Crippen LogP contribution in [0.2, 0.25) is 0 Å². The summed E-state index contributed by atoms with van der Waals surface area (Å²) in [5, 5.41) is 7.52. The largest absolute Gasteiger partial charge is 0.335 e. The standard InChI is InChI=1S/C19H22N6O/c1-3-4-7-17(15-6-5-10-20-11-15)24(2)19(26)16-8-9-18(21-12-16)25-13-22-23-14-25/h5-6,8-14,17H,3-4,7H2,1-2H3/t17-/m1/s1. The highest BCUT2D eigenvalue weighted by molar-refractivity contribution is 5.94. The average molecular weight is 350 g/mol.